The molecule has 0 spiro atoms. The van der Waals surface area contributed by atoms with Crippen LogP contribution in [0, 0.1) is 22.7 Å². The monoisotopic (exact) mass is 220 g/mol. The van der Waals surface area contributed by atoms with E-state index in [4.69, 9.17) is 10.5 Å². The van der Waals surface area contributed by atoms with Crippen LogP contribution >= 0.6 is 15.9 Å². The topological polar surface area (TPSA) is 47.6 Å². The second-order valence-electron chi connectivity index (χ2n) is 2.22. The molecular formula is C9H5BrN2. The number of halogens is 1. The van der Waals surface area contributed by atoms with Gasteiger partial charge in [0.25, 0.3) is 0 Å². The molecule has 0 amide bonds. The smallest absolute Gasteiger partial charge is 0.101 e. The van der Waals surface area contributed by atoms with Crippen LogP contribution in [0.2, 0.25) is 0 Å². The van der Waals surface area contributed by atoms with Crippen LogP contribution in [0.5, 0.6) is 0 Å². The van der Waals surface area contributed by atoms with Gasteiger partial charge in [-0.25, -0.2) is 0 Å². The summed E-state index contributed by atoms with van der Waals surface area (Å²) < 4.78 is 0.748. The van der Waals surface area contributed by atoms with Crippen molar-refractivity contribution < 1.29 is 0 Å². The van der Waals surface area contributed by atoms with E-state index in [1.54, 1.807) is 12.1 Å². The van der Waals surface area contributed by atoms with Crippen molar-refractivity contribution in [3.8, 4) is 12.1 Å². The van der Waals surface area contributed by atoms with Crippen molar-refractivity contribution in [2.24, 2.45) is 0 Å². The average molecular weight is 221 g/mol. The number of nitrogens with zero attached hydrogens (tertiary/aromatic N) is 2. The van der Waals surface area contributed by atoms with Crippen molar-refractivity contribution >= 4 is 15.9 Å². The predicted molar refractivity (Wildman–Crippen MR) is 48.2 cm³/mol. The molecule has 2 nitrogen and oxygen atoms in total. The summed E-state index contributed by atoms with van der Waals surface area (Å²) in [6.07, 6.45) is 0.280. The molecule has 0 unspecified atom stereocenters. The Morgan fingerprint density at radius 1 is 1.33 bits per heavy atom. The molecule has 1 aromatic rings. The first-order chi connectivity index (χ1) is 5.79. The van der Waals surface area contributed by atoms with E-state index in [0.29, 0.717) is 5.56 Å². The average Bonchev–Trinajstić information content (AvgIpc) is 2.05. The molecule has 0 fully saturated rings. The Labute approximate surface area is 79.2 Å². The maximum atomic E-state index is 8.74. The Hall–Kier alpha value is -1.32. The minimum Gasteiger partial charge on any atom is -0.198 e. The number of hydrogen-bond donors (Lipinski definition) is 0. The lowest BCUT2D eigenvalue weighted by atomic mass is 10.1. The van der Waals surface area contributed by atoms with E-state index in [1.165, 1.54) is 0 Å². The molecule has 0 heterocycles. The molecule has 3 heteroatoms. The summed E-state index contributed by atoms with van der Waals surface area (Å²) in [5.74, 6) is 0. The highest BCUT2D eigenvalue weighted by atomic mass is 79.9. The Morgan fingerprint density at radius 3 is 2.67 bits per heavy atom. The fourth-order valence-electron chi connectivity index (χ4n) is 0.926. The molecule has 0 aliphatic rings. The molecule has 0 atom stereocenters. The van der Waals surface area contributed by atoms with Crippen molar-refractivity contribution in [2.75, 3.05) is 0 Å². The highest BCUT2D eigenvalue weighted by Crippen LogP contribution is 2.19. The van der Waals surface area contributed by atoms with Gasteiger partial charge in [-0.3, -0.25) is 0 Å². The first-order valence-corrected chi connectivity index (χ1v) is 4.13. The number of nitriles is 2. The summed E-state index contributed by atoms with van der Waals surface area (Å²) in [6.45, 7) is 0. The minimum atomic E-state index is 0.280. The molecule has 0 radical (unpaired) electrons. The Balaban J connectivity index is 3.23. The summed E-state index contributed by atoms with van der Waals surface area (Å²) in [5, 5.41) is 17.2. The predicted octanol–water partition coefficient (Wildman–Crippen LogP) is 2.39. The lowest BCUT2D eigenvalue weighted by molar-refractivity contribution is 1.23. The normalized spacial score (nSPS) is 8.58. The third-order valence-electron chi connectivity index (χ3n) is 1.48. The van der Waals surface area contributed by atoms with Gasteiger partial charge in [-0.15, -0.1) is 0 Å². The number of rotatable bonds is 1. The fraction of sp³-hybridized carbons (Fsp3) is 0.111. The zero-order valence-electron chi connectivity index (χ0n) is 6.21. The van der Waals surface area contributed by atoms with Crippen LogP contribution in [0.25, 0.3) is 0 Å². The van der Waals surface area contributed by atoms with E-state index in [-0.39, 0.29) is 6.42 Å². The summed E-state index contributed by atoms with van der Waals surface area (Å²) in [6, 6.07) is 9.46. The molecule has 12 heavy (non-hydrogen) atoms. The summed E-state index contributed by atoms with van der Waals surface area (Å²) in [5.41, 5.74) is 1.33. The van der Waals surface area contributed by atoms with Crippen molar-refractivity contribution in [3.63, 3.8) is 0 Å². The van der Waals surface area contributed by atoms with E-state index >= 15 is 0 Å². The highest BCUT2D eigenvalue weighted by molar-refractivity contribution is 9.10. The van der Waals surface area contributed by atoms with Crippen molar-refractivity contribution in [1.82, 2.24) is 0 Å². The maximum Gasteiger partial charge on any atom is 0.101 e. The van der Waals surface area contributed by atoms with Gasteiger partial charge in [0.15, 0.2) is 0 Å². The first-order valence-electron chi connectivity index (χ1n) is 3.34. The Morgan fingerprint density at radius 2 is 2.08 bits per heavy atom. The second kappa shape index (κ2) is 3.90. The number of benzene rings is 1. The summed E-state index contributed by atoms with van der Waals surface area (Å²) in [7, 11) is 0. The lowest BCUT2D eigenvalue weighted by Crippen LogP contribution is -1.88. The van der Waals surface area contributed by atoms with Crippen LogP contribution in [0.15, 0.2) is 22.7 Å². The third kappa shape index (κ3) is 1.64. The van der Waals surface area contributed by atoms with Gasteiger partial charge in [0.05, 0.1) is 18.1 Å². The molecule has 1 rings (SSSR count). The van der Waals surface area contributed by atoms with E-state index < -0.39 is 0 Å². The molecule has 0 N–H and O–H groups in total. The molecule has 0 saturated carbocycles. The van der Waals surface area contributed by atoms with Crippen molar-refractivity contribution in [3.05, 3.63) is 33.8 Å². The van der Waals surface area contributed by atoms with Gasteiger partial charge in [-0.2, -0.15) is 10.5 Å². The van der Waals surface area contributed by atoms with E-state index in [0.717, 1.165) is 10.0 Å². The molecule has 0 saturated heterocycles. The van der Waals surface area contributed by atoms with E-state index in [9.17, 15) is 0 Å². The zero-order chi connectivity index (χ0) is 8.97. The fourth-order valence-corrected chi connectivity index (χ4v) is 1.42. The van der Waals surface area contributed by atoms with Gasteiger partial charge in [0, 0.05) is 4.47 Å². The Bertz CT molecular complexity index is 371. The van der Waals surface area contributed by atoms with Crippen molar-refractivity contribution in [1.29, 1.82) is 10.5 Å². The highest BCUT2D eigenvalue weighted by Gasteiger charge is 2.03. The molecular weight excluding hydrogens is 216 g/mol. The van der Waals surface area contributed by atoms with Gasteiger partial charge < -0.3 is 0 Å². The summed E-state index contributed by atoms with van der Waals surface area (Å²) in [4.78, 5) is 0. The van der Waals surface area contributed by atoms with Crippen LogP contribution in [0.1, 0.15) is 11.1 Å². The maximum absolute atomic E-state index is 8.74. The largest absolute Gasteiger partial charge is 0.198 e. The molecule has 0 bridgehead atoms. The molecule has 0 aliphatic heterocycles. The van der Waals surface area contributed by atoms with Gasteiger partial charge in [-0.05, 0) is 27.6 Å². The van der Waals surface area contributed by atoms with E-state index in [2.05, 4.69) is 22.0 Å². The first kappa shape index (κ1) is 8.77. The SMILES string of the molecule is N#CCc1cccc(Br)c1C#N. The van der Waals surface area contributed by atoms with Gasteiger partial charge in [0.1, 0.15) is 6.07 Å². The zero-order valence-corrected chi connectivity index (χ0v) is 7.80. The molecule has 1 aromatic carbocycles. The number of hydrogen-bond acceptors (Lipinski definition) is 2. The van der Waals surface area contributed by atoms with Crippen LogP contribution in [0.4, 0.5) is 0 Å². The van der Waals surface area contributed by atoms with Crippen LogP contribution in [0.3, 0.4) is 0 Å². The second-order valence-corrected chi connectivity index (χ2v) is 3.07. The Kier molecular flexibility index (Phi) is 2.85. The quantitative estimate of drug-likeness (QED) is 0.730. The van der Waals surface area contributed by atoms with Gasteiger partial charge in [0.2, 0.25) is 0 Å². The van der Waals surface area contributed by atoms with Crippen LogP contribution < -0.4 is 0 Å². The lowest BCUT2D eigenvalue weighted by Gasteiger charge is -1.99. The summed E-state index contributed by atoms with van der Waals surface area (Å²) >= 11 is 3.25. The standard InChI is InChI=1S/C9H5BrN2/c10-9-3-1-2-7(4-5-11)8(9)6-12/h1-3H,4H2. The minimum absolute atomic E-state index is 0.280. The molecule has 0 aliphatic carbocycles. The van der Waals surface area contributed by atoms with Crippen LogP contribution in [-0.4, -0.2) is 0 Å². The van der Waals surface area contributed by atoms with Gasteiger partial charge >= 0.3 is 0 Å². The van der Waals surface area contributed by atoms with Gasteiger partial charge in [-0.1, -0.05) is 12.1 Å². The molecule has 0 aromatic heterocycles. The van der Waals surface area contributed by atoms with E-state index in [1.807, 2.05) is 12.1 Å². The van der Waals surface area contributed by atoms with Crippen LogP contribution in [-0.2, 0) is 6.42 Å². The third-order valence-corrected chi connectivity index (χ3v) is 2.14. The molecule has 58 valence electrons. The van der Waals surface area contributed by atoms with Crippen molar-refractivity contribution in [2.45, 2.75) is 6.42 Å².